The molecule has 0 bridgehead atoms. The lowest BCUT2D eigenvalue weighted by molar-refractivity contribution is 0.251. The summed E-state index contributed by atoms with van der Waals surface area (Å²) in [4.78, 5) is 17.0. The molecule has 2 aliphatic rings. The average molecular weight is 382 g/mol. The molecule has 2 fully saturated rings. The number of piperazine rings is 1. The normalized spacial score (nSPS) is 18.6. The molecular formula is C22H27FN4O. The molecule has 5 nitrogen and oxygen atoms in total. The Bertz CT molecular complexity index is 809. The lowest BCUT2D eigenvalue weighted by Crippen LogP contribution is -2.44. The SMILES string of the molecule is CN1CCN(c2ccc(NC(=O)NCC3(c4ccc(F)cc4)CC3)cc2)CC1. The van der Waals surface area contributed by atoms with Crippen molar-refractivity contribution in [3.63, 3.8) is 0 Å². The van der Waals surface area contributed by atoms with Crippen LogP contribution in [0, 0.1) is 5.82 Å². The summed E-state index contributed by atoms with van der Waals surface area (Å²) in [5.74, 6) is -0.231. The number of anilines is 2. The van der Waals surface area contributed by atoms with E-state index in [2.05, 4.69) is 39.6 Å². The van der Waals surface area contributed by atoms with Gasteiger partial charge in [-0.3, -0.25) is 0 Å². The molecule has 28 heavy (non-hydrogen) atoms. The third kappa shape index (κ3) is 4.28. The van der Waals surface area contributed by atoms with Crippen molar-refractivity contribution in [3.8, 4) is 0 Å². The first-order valence-corrected chi connectivity index (χ1v) is 9.89. The van der Waals surface area contributed by atoms with Crippen molar-refractivity contribution < 1.29 is 9.18 Å². The molecule has 0 aromatic heterocycles. The number of likely N-dealkylation sites (N-methyl/N-ethyl adjacent to an activating group) is 1. The van der Waals surface area contributed by atoms with E-state index in [1.807, 2.05) is 24.3 Å². The number of amides is 2. The van der Waals surface area contributed by atoms with Crippen LogP contribution in [-0.2, 0) is 5.41 Å². The van der Waals surface area contributed by atoms with Gasteiger partial charge in [0.05, 0.1) is 0 Å². The Morgan fingerprint density at radius 2 is 1.64 bits per heavy atom. The molecule has 4 rings (SSSR count). The van der Waals surface area contributed by atoms with Gasteiger partial charge in [0.2, 0.25) is 0 Å². The zero-order valence-corrected chi connectivity index (χ0v) is 16.2. The van der Waals surface area contributed by atoms with Crippen LogP contribution in [0.4, 0.5) is 20.6 Å². The smallest absolute Gasteiger partial charge is 0.319 e. The first kappa shape index (κ1) is 18.7. The van der Waals surface area contributed by atoms with Gasteiger partial charge in [0.25, 0.3) is 0 Å². The van der Waals surface area contributed by atoms with Crippen molar-refractivity contribution in [3.05, 3.63) is 59.9 Å². The van der Waals surface area contributed by atoms with E-state index < -0.39 is 0 Å². The predicted molar refractivity (Wildman–Crippen MR) is 110 cm³/mol. The maximum atomic E-state index is 13.1. The van der Waals surface area contributed by atoms with Crippen LogP contribution in [-0.4, -0.2) is 50.7 Å². The van der Waals surface area contributed by atoms with Crippen LogP contribution in [0.5, 0.6) is 0 Å². The predicted octanol–water partition coefficient (Wildman–Crippen LogP) is 3.43. The fraction of sp³-hybridized carbons (Fsp3) is 0.409. The van der Waals surface area contributed by atoms with Crippen LogP contribution in [0.2, 0.25) is 0 Å². The van der Waals surface area contributed by atoms with Gasteiger partial charge < -0.3 is 20.4 Å². The highest BCUT2D eigenvalue weighted by Gasteiger charge is 2.44. The Kier molecular flexibility index (Phi) is 5.22. The van der Waals surface area contributed by atoms with Crippen molar-refractivity contribution >= 4 is 17.4 Å². The third-order valence-electron chi connectivity index (χ3n) is 5.89. The molecule has 1 saturated carbocycles. The van der Waals surface area contributed by atoms with Crippen LogP contribution in [0.25, 0.3) is 0 Å². The highest BCUT2D eigenvalue weighted by atomic mass is 19.1. The summed E-state index contributed by atoms with van der Waals surface area (Å²) in [6, 6.07) is 14.4. The molecule has 0 radical (unpaired) electrons. The Morgan fingerprint density at radius 3 is 2.25 bits per heavy atom. The fourth-order valence-electron chi connectivity index (χ4n) is 3.77. The Balaban J connectivity index is 1.29. The van der Waals surface area contributed by atoms with Crippen molar-refractivity contribution in [1.82, 2.24) is 10.2 Å². The molecular weight excluding hydrogens is 355 g/mol. The number of urea groups is 1. The van der Waals surface area contributed by atoms with E-state index >= 15 is 0 Å². The van der Waals surface area contributed by atoms with Crippen molar-refractivity contribution in [2.75, 3.05) is 50.0 Å². The largest absolute Gasteiger partial charge is 0.369 e. The molecule has 0 spiro atoms. The van der Waals surface area contributed by atoms with Crippen molar-refractivity contribution in [2.45, 2.75) is 18.3 Å². The van der Waals surface area contributed by atoms with Gasteiger partial charge in [-0.1, -0.05) is 12.1 Å². The molecule has 2 aromatic rings. The van der Waals surface area contributed by atoms with Crippen LogP contribution in [0.1, 0.15) is 18.4 Å². The quantitative estimate of drug-likeness (QED) is 0.833. The number of hydrogen-bond donors (Lipinski definition) is 2. The Morgan fingerprint density at radius 1 is 1.00 bits per heavy atom. The average Bonchev–Trinajstić information content (AvgIpc) is 3.49. The van der Waals surface area contributed by atoms with E-state index in [-0.39, 0.29) is 17.3 Å². The molecule has 148 valence electrons. The van der Waals surface area contributed by atoms with Crippen LogP contribution in [0.3, 0.4) is 0 Å². The minimum Gasteiger partial charge on any atom is -0.369 e. The number of carbonyl (C=O) groups is 1. The molecule has 0 atom stereocenters. The molecule has 6 heteroatoms. The third-order valence-corrected chi connectivity index (χ3v) is 5.89. The summed E-state index contributed by atoms with van der Waals surface area (Å²) in [5.41, 5.74) is 3.01. The molecule has 2 N–H and O–H groups in total. The maximum Gasteiger partial charge on any atom is 0.319 e. The summed E-state index contributed by atoms with van der Waals surface area (Å²) < 4.78 is 13.1. The molecule has 1 aliphatic carbocycles. The van der Waals surface area contributed by atoms with Gasteiger partial charge in [-0.05, 0) is 61.9 Å². The van der Waals surface area contributed by atoms with Gasteiger partial charge in [0.1, 0.15) is 5.82 Å². The summed E-state index contributed by atoms with van der Waals surface area (Å²) >= 11 is 0. The summed E-state index contributed by atoms with van der Waals surface area (Å²) in [6.45, 7) is 4.74. The van der Waals surface area contributed by atoms with E-state index in [9.17, 15) is 9.18 Å². The van der Waals surface area contributed by atoms with E-state index in [0.717, 1.165) is 50.3 Å². The highest BCUT2D eigenvalue weighted by Crippen LogP contribution is 2.47. The summed E-state index contributed by atoms with van der Waals surface area (Å²) in [6.07, 6.45) is 2.03. The monoisotopic (exact) mass is 382 g/mol. The lowest BCUT2D eigenvalue weighted by atomic mass is 9.96. The van der Waals surface area contributed by atoms with Crippen LogP contribution in [0.15, 0.2) is 48.5 Å². The first-order valence-electron chi connectivity index (χ1n) is 9.89. The van der Waals surface area contributed by atoms with Crippen LogP contribution < -0.4 is 15.5 Å². The number of benzene rings is 2. The minimum absolute atomic E-state index is 0.0453. The van der Waals surface area contributed by atoms with E-state index in [1.54, 1.807) is 0 Å². The second kappa shape index (κ2) is 7.80. The van der Waals surface area contributed by atoms with E-state index in [1.165, 1.54) is 17.8 Å². The second-order valence-corrected chi connectivity index (χ2v) is 7.93. The molecule has 2 aromatic carbocycles. The number of hydrogen-bond acceptors (Lipinski definition) is 3. The minimum atomic E-state index is -0.231. The van der Waals surface area contributed by atoms with Gasteiger partial charge >= 0.3 is 6.03 Å². The maximum absolute atomic E-state index is 13.1. The topological polar surface area (TPSA) is 47.6 Å². The molecule has 2 amide bonds. The van der Waals surface area contributed by atoms with E-state index in [4.69, 9.17) is 0 Å². The standard InChI is InChI=1S/C22H27FN4O/c1-26-12-14-27(15-13-26)20-8-6-19(7-9-20)25-21(28)24-16-22(10-11-22)17-2-4-18(23)5-3-17/h2-9H,10-16H2,1H3,(H2,24,25,28). The summed E-state index contributed by atoms with van der Waals surface area (Å²) in [7, 11) is 2.14. The number of nitrogens with one attached hydrogen (secondary N) is 2. The summed E-state index contributed by atoms with van der Waals surface area (Å²) in [5, 5.41) is 5.87. The molecule has 1 saturated heterocycles. The zero-order valence-electron chi connectivity index (χ0n) is 16.2. The highest BCUT2D eigenvalue weighted by molar-refractivity contribution is 5.89. The molecule has 1 aliphatic heterocycles. The van der Waals surface area contributed by atoms with Gasteiger partial charge in [0, 0.05) is 49.5 Å². The van der Waals surface area contributed by atoms with Crippen molar-refractivity contribution in [2.24, 2.45) is 0 Å². The number of rotatable bonds is 5. The molecule has 1 heterocycles. The van der Waals surface area contributed by atoms with Gasteiger partial charge in [-0.25, -0.2) is 9.18 Å². The number of halogens is 1. The van der Waals surface area contributed by atoms with Crippen LogP contribution >= 0.6 is 0 Å². The Labute approximate surface area is 165 Å². The van der Waals surface area contributed by atoms with E-state index in [0.29, 0.717) is 6.54 Å². The van der Waals surface area contributed by atoms with Gasteiger partial charge in [0.15, 0.2) is 0 Å². The first-order chi connectivity index (χ1) is 13.5. The van der Waals surface area contributed by atoms with Gasteiger partial charge in [-0.2, -0.15) is 0 Å². The number of carbonyl (C=O) groups excluding carboxylic acids is 1. The molecule has 0 unspecified atom stereocenters. The Hall–Kier alpha value is -2.60. The van der Waals surface area contributed by atoms with Gasteiger partial charge in [-0.15, -0.1) is 0 Å². The second-order valence-electron chi connectivity index (χ2n) is 7.93. The fourth-order valence-corrected chi connectivity index (χ4v) is 3.77. The van der Waals surface area contributed by atoms with Crippen molar-refractivity contribution in [1.29, 1.82) is 0 Å². The number of nitrogens with zero attached hydrogens (tertiary/aromatic N) is 2. The lowest BCUT2D eigenvalue weighted by Gasteiger charge is -2.34. The zero-order chi connectivity index (χ0) is 19.6.